The van der Waals surface area contributed by atoms with E-state index >= 15 is 0 Å². The highest BCUT2D eigenvalue weighted by molar-refractivity contribution is 8.03. The molecule has 1 spiro atoms. The second-order valence-corrected chi connectivity index (χ2v) is 18.3. The lowest BCUT2D eigenvalue weighted by Crippen LogP contribution is -2.32. The summed E-state index contributed by atoms with van der Waals surface area (Å²) in [6.45, 7) is 6.70. The van der Waals surface area contributed by atoms with Gasteiger partial charge in [0, 0.05) is 43.9 Å². The summed E-state index contributed by atoms with van der Waals surface area (Å²) in [6, 6.07) is 84.6. The Kier molecular flexibility index (Phi) is 10.1. The van der Waals surface area contributed by atoms with Gasteiger partial charge in [-0.15, -0.1) is 0 Å². The molecule has 0 saturated carbocycles. The van der Waals surface area contributed by atoms with Crippen LogP contribution in [0.4, 0.5) is 34.1 Å². The maximum Gasteiger partial charge on any atom is 0.0741 e. The molecule has 1 atom stereocenters. The Bertz CT molecular complexity index is 3470. The summed E-state index contributed by atoms with van der Waals surface area (Å²) >= 11 is 1.84. The van der Waals surface area contributed by atoms with Gasteiger partial charge in [0.2, 0.25) is 0 Å². The predicted molar refractivity (Wildman–Crippen MR) is 286 cm³/mol. The molecule has 67 heavy (non-hydrogen) atoms. The van der Waals surface area contributed by atoms with Gasteiger partial charge in [-0.1, -0.05) is 194 Å². The monoisotopic (exact) mass is 874 g/mol. The van der Waals surface area contributed by atoms with Gasteiger partial charge in [-0.25, -0.2) is 0 Å². The zero-order valence-corrected chi connectivity index (χ0v) is 38.0. The first-order valence-electron chi connectivity index (χ1n) is 23.0. The van der Waals surface area contributed by atoms with Crippen LogP contribution in [0.1, 0.15) is 23.6 Å². The van der Waals surface area contributed by atoms with Crippen molar-refractivity contribution in [3.63, 3.8) is 0 Å². The van der Waals surface area contributed by atoms with Crippen LogP contribution >= 0.6 is 11.8 Å². The number of anilines is 6. The third-order valence-electron chi connectivity index (χ3n) is 13.5. The molecule has 12 rings (SSSR count). The van der Waals surface area contributed by atoms with Crippen molar-refractivity contribution >= 4 is 67.4 Å². The minimum Gasteiger partial charge on any atom is -0.310 e. The van der Waals surface area contributed by atoms with Crippen LogP contribution in [0.25, 0.3) is 43.8 Å². The van der Waals surface area contributed by atoms with Crippen molar-refractivity contribution in [2.75, 3.05) is 9.80 Å². The van der Waals surface area contributed by atoms with Gasteiger partial charge in [-0.2, -0.15) is 0 Å². The maximum atomic E-state index is 4.59. The summed E-state index contributed by atoms with van der Waals surface area (Å²) in [5.41, 5.74) is 15.6. The fourth-order valence-corrected chi connectivity index (χ4v) is 12.0. The van der Waals surface area contributed by atoms with E-state index in [1.807, 2.05) is 11.8 Å². The average molecular weight is 875 g/mol. The van der Waals surface area contributed by atoms with E-state index in [-0.39, 0.29) is 0 Å². The normalized spacial score (nSPS) is 14.9. The largest absolute Gasteiger partial charge is 0.310 e. The Labute approximate surface area is 397 Å². The molecule has 1 aliphatic carbocycles. The highest BCUT2D eigenvalue weighted by atomic mass is 32.2. The van der Waals surface area contributed by atoms with Crippen molar-refractivity contribution in [3.05, 3.63) is 282 Å². The Hall–Kier alpha value is -8.11. The van der Waals surface area contributed by atoms with Crippen molar-refractivity contribution in [2.45, 2.75) is 17.2 Å². The van der Waals surface area contributed by atoms with Crippen LogP contribution in [-0.2, 0) is 5.41 Å². The van der Waals surface area contributed by atoms with Crippen LogP contribution in [0.3, 0.4) is 0 Å². The van der Waals surface area contributed by atoms with E-state index in [2.05, 4.69) is 272 Å². The molecule has 0 N–H and O–H groups in total. The zero-order chi connectivity index (χ0) is 44.9. The molecule has 2 nitrogen and oxygen atoms in total. The summed E-state index contributed by atoms with van der Waals surface area (Å²) in [5, 5.41) is 4.79. The third kappa shape index (κ3) is 6.65. The zero-order valence-electron chi connectivity index (χ0n) is 37.2. The highest BCUT2D eigenvalue weighted by Crippen LogP contribution is 2.64. The van der Waals surface area contributed by atoms with Crippen LogP contribution in [0.2, 0.25) is 0 Å². The average Bonchev–Trinajstić information content (AvgIpc) is 3.67. The van der Waals surface area contributed by atoms with E-state index in [4.69, 9.17) is 0 Å². The number of thioether (sulfide) groups is 1. The minimum absolute atomic E-state index is 0.633. The number of para-hydroxylation sites is 2. The first-order valence-corrected chi connectivity index (χ1v) is 23.8. The first-order chi connectivity index (χ1) is 33.1. The third-order valence-corrected chi connectivity index (χ3v) is 14.7. The topological polar surface area (TPSA) is 6.48 Å². The molecule has 0 bridgehead atoms. The van der Waals surface area contributed by atoms with Crippen molar-refractivity contribution in [1.29, 1.82) is 0 Å². The summed E-state index contributed by atoms with van der Waals surface area (Å²) in [4.78, 5) is 7.30. The summed E-state index contributed by atoms with van der Waals surface area (Å²) in [5.74, 6) is 0. The van der Waals surface area contributed by atoms with Crippen molar-refractivity contribution in [3.8, 4) is 22.3 Å². The van der Waals surface area contributed by atoms with Gasteiger partial charge in [0.05, 0.1) is 5.41 Å². The molecule has 10 aromatic rings. The molecule has 0 fully saturated rings. The van der Waals surface area contributed by atoms with E-state index in [1.165, 1.54) is 70.3 Å². The fourth-order valence-electron chi connectivity index (χ4n) is 10.7. The molecule has 2 aliphatic rings. The molecule has 0 amide bonds. The van der Waals surface area contributed by atoms with Crippen LogP contribution in [0.15, 0.2) is 271 Å². The van der Waals surface area contributed by atoms with Crippen molar-refractivity contribution in [2.24, 2.45) is 0 Å². The number of rotatable bonds is 9. The second-order valence-electron chi connectivity index (χ2n) is 17.2. The minimum atomic E-state index is -0.633. The smallest absolute Gasteiger partial charge is 0.0741 e. The molecule has 318 valence electrons. The van der Waals surface area contributed by atoms with E-state index in [0.717, 1.165) is 39.7 Å². The molecule has 0 saturated heterocycles. The summed E-state index contributed by atoms with van der Waals surface area (Å²) < 4.78 is 0. The molecule has 10 aromatic carbocycles. The molecular formula is C64H46N2S. The van der Waals surface area contributed by atoms with E-state index < -0.39 is 5.41 Å². The van der Waals surface area contributed by atoms with Crippen LogP contribution in [-0.4, -0.2) is 0 Å². The van der Waals surface area contributed by atoms with Crippen LogP contribution < -0.4 is 9.80 Å². The maximum absolute atomic E-state index is 4.59. The fraction of sp³-hybridized carbons (Fsp3) is 0.0312. The highest BCUT2D eigenvalue weighted by Gasteiger charge is 2.51. The predicted octanol–water partition coefficient (Wildman–Crippen LogP) is 18.0. The molecule has 1 aliphatic heterocycles. The SMILES string of the molecule is C=CC1=C(/C=C\C)Sc2ccccc2C12c1ccccc1-c1cccc(-c3cc(N(c4ccccc4)c4ccc5ccccc5c4)cc(N(c4ccccc4)c4ccc5ccccc5c4)c3)c12. The van der Waals surface area contributed by atoms with Gasteiger partial charge in [-0.05, 0) is 146 Å². The van der Waals surface area contributed by atoms with Crippen LogP contribution in [0.5, 0.6) is 0 Å². The lowest BCUT2D eigenvalue weighted by Gasteiger charge is -2.41. The van der Waals surface area contributed by atoms with Gasteiger partial charge in [0.25, 0.3) is 0 Å². The summed E-state index contributed by atoms with van der Waals surface area (Å²) in [6.07, 6.45) is 6.55. The van der Waals surface area contributed by atoms with Gasteiger partial charge >= 0.3 is 0 Å². The van der Waals surface area contributed by atoms with E-state index in [9.17, 15) is 0 Å². The summed E-state index contributed by atoms with van der Waals surface area (Å²) in [7, 11) is 0. The second kappa shape index (κ2) is 16.7. The van der Waals surface area contributed by atoms with Gasteiger partial charge in [0.1, 0.15) is 0 Å². The van der Waals surface area contributed by atoms with Crippen molar-refractivity contribution in [1.82, 2.24) is 0 Å². The first kappa shape index (κ1) is 40.4. The number of hydrogen-bond acceptors (Lipinski definition) is 3. The van der Waals surface area contributed by atoms with Crippen molar-refractivity contribution < 1.29 is 0 Å². The number of benzene rings is 10. The number of allylic oxidation sites excluding steroid dienone is 4. The van der Waals surface area contributed by atoms with E-state index in [1.54, 1.807) is 0 Å². The molecule has 3 heteroatoms. The lowest BCUT2D eigenvalue weighted by molar-refractivity contribution is 0.743. The van der Waals surface area contributed by atoms with Gasteiger partial charge in [-0.3, -0.25) is 0 Å². The Balaban J connectivity index is 1.20. The number of nitrogens with zero attached hydrogens (tertiary/aromatic N) is 2. The van der Waals surface area contributed by atoms with Gasteiger partial charge < -0.3 is 9.80 Å². The molecule has 0 aromatic heterocycles. The number of fused-ring (bicyclic) bond motifs is 9. The molecular weight excluding hydrogens is 829 g/mol. The van der Waals surface area contributed by atoms with Gasteiger partial charge in [0.15, 0.2) is 0 Å². The van der Waals surface area contributed by atoms with E-state index in [0.29, 0.717) is 0 Å². The molecule has 1 unspecified atom stereocenters. The quantitative estimate of drug-likeness (QED) is 0.143. The van der Waals surface area contributed by atoms with Crippen LogP contribution in [0, 0.1) is 0 Å². The molecule has 0 radical (unpaired) electrons. The Morgan fingerprint density at radius 1 is 0.418 bits per heavy atom. The number of hydrogen-bond donors (Lipinski definition) is 0. The Morgan fingerprint density at radius 3 is 1.52 bits per heavy atom. The lowest BCUT2D eigenvalue weighted by atomic mass is 9.65. The standard InChI is InChI=1S/C64H46N2S/c1-3-20-61-58(4-2)64(60-33-17-18-34-62(60)67-61)59-32-16-15-29-56(59)57-31-19-30-55(63(57)64)48-41-53(65(49-25-7-5-8-26-49)51-37-35-44-21-11-13-23-46(44)39-51)43-54(42-48)66(50-27-9-6-10-28-50)52-38-36-45-22-12-14-24-47(45)40-52/h3-43H,2H2,1H3/b20-3-. The Morgan fingerprint density at radius 2 is 0.925 bits per heavy atom. The molecule has 1 heterocycles.